The van der Waals surface area contributed by atoms with E-state index in [-0.39, 0.29) is 23.8 Å². The standard InChI is InChI=1S/C37H49BrN8O8S/c1-37(2,3)54-36(49)45-17-15-43(16-18-45)23-11-13-44(14-12-23)30-21-32(52-4)29(20-26(30)34(48)53-5)41-35-39-22-27(38)33(42-35)40-28-10-9-25(47)19-31(28)46(24-7-8-24)55(6,50)51/h9-10,19-24,47H,7-8,11-18H2,1-6H3,(H2,39,40,41,42). The van der Waals surface area contributed by atoms with Crippen molar-refractivity contribution >= 4 is 72.5 Å². The van der Waals surface area contributed by atoms with Gasteiger partial charge in [0.1, 0.15) is 22.9 Å². The van der Waals surface area contributed by atoms with Crippen LogP contribution in [0.1, 0.15) is 56.8 Å². The third-order valence-electron chi connectivity index (χ3n) is 9.71. The highest BCUT2D eigenvalue weighted by atomic mass is 79.9. The van der Waals surface area contributed by atoms with Crippen LogP contribution >= 0.6 is 15.9 Å². The first-order valence-corrected chi connectivity index (χ1v) is 20.8. The van der Waals surface area contributed by atoms with Crippen LogP contribution in [0, 0.1) is 0 Å². The van der Waals surface area contributed by atoms with Crippen molar-refractivity contribution in [3.05, 3.63) is 46.6 Å². The minimum Gasteiger partial charge on any atom is -0.508 e. The highest BCUT2D eigenvalue weighted by Gasteiger charge is 2.37. The molecule has 0 spiro atoms. The monoisotopic (exact) mass is 844 g/mol. The average Bonchev–Trinajstić information content (AvgIpc) is 3.97. The van der Waals surface area contributed by atoms with Crippen LogP contribution in [0.3, 0.4) is 0 Å². The van der Waals surface area contributed by atoms with Crippen molar-refractivity contribution in [3.63, 3.8) is 0 Å². The number of phenolic OH excluding ortho intramolecular Hbond substituents is 1. The largest absolute Gasteiger partial charge is 0.508 e. The number of aromatic hydroxyl groups is 1. The summed E-state index contributed by atoms with van der Waals surface area (Å²) in [5.74, 6) is 0.369. The number of esters is 1. The lowest BCUT2D eigenvalue weighted by atomic mass is 10.00. The van der Waals surface area contributed by atoms with Crippen molar-refractivity contribution in [2.75, 3.05) is 79.6 Å². The van der Waals surface area contributed by atoms with E-state index in [2.05, 4.69) is 46.3 Å². The first-order chi connectivity index (χ1) is 26.0. The van der Waals surface area contributed by atoms with Gasteiger partial charge in [0.2, 0.25) is 16.0 Å². The number of carbonyl (C=O) groups is 2. The molecular formula is C37H49BrN8O8S. The number of methoxy groups -OCH3 is 2. The fourth-order valence-corrected chi connectivity index (χ4v) is 8.52. The maximum absolute atomic E-state index is 13.2. The molecule has 2 aromatic carbocycles. The minimum atomic E-state index is -3.64. The van der Waals surface area contributed by atoms with E-state index in [1.807, 2.05) is 26.8 Å². The lowest BCUT2D eigenvalue weighted by Crippen LogP contribution is -2.55. The summed E-state index contributed by atoms with van der Waals surface area (Å²) in [5.41, 5.74) is 1.65. The number of benzene rings is 2. The van der Waals surface area contributed by atoms with Crippen molar-refractivity contribution in [3.8, 4) is 11.5 Å². The molecule has 2 aliphatic heterocycles. The zero-order valence-electron chi connectivity index (χ0n) is 32.0. The molecule has 1 aromatic heterocycles. The van der Waals surface area contributed by atoms with Crippen LogP contribution in [0.25, 0.3) is 0 Å². The van der Waals surface area contributed by atoms with Crippen molar-refractivity contribution < 1.29 is 37.3 Å². The van der Waals surface area contributed by atoms with Gasteiger partial charge in [0.25, 0.3) is 0 Å². The second kappa shape index (κ2) is 16.3. The molecule has 3 aliphatic rings. The first-order valence-electron chi connectivity index (χ1n) is 18.2. The van der Waals surface area contributed by atoms with Gasteiger partial charge in [-0.2, -0.15) is 4.98 Å². The number of anilines is 6. The van der Waals surface area contributed by atoms with Gasteiger partial charge in [-0.15, -0.1) is 0 Å². The highest BCUT2D eigenvalue weighted by molar-refractivity contribution is 9.10. The molecule has 298 valence electrons. The van der Waals surface area contributed by atoms with E-state index in [1.54, 1.807) is 24.1 Å². The molecule has 2 saturated heterocycles. The normalized spacial score (nSPS) is 17.1. The van der Waals surface area contributed by atoms with E-state index in [4.69, 9.17) is 14.2 Å². The summed E-state index contributed by atoms with van der Waals surface area (Å²) < 4.78 is 44.0. The van der Waals surface area contributed by atoms with Gasteiger partial charge < -0.3 is 39.8 Å². The van der Waals surface area contributed by atoms with Crippen molar-refractivity contribution in [1.29, 1.82) is 0 Å². The fraction of sp³-hybridized carbons (Fsp3) is 0.514. The van der Waals surface area contributed by atoms with Crippen LogP contribution in [0.2, 0.25) is 0 Å². The number of amides is 1. The summed E-state index contributed by atoms with van der Waals surface area (Å²) >= 11 is 3.49. The molecule has 0 atom stereocenters. The molecule has 3 heterocycles. The lowest BCUT2D eigenvalue weighted by Gasteiger charge is -2.43. The number of ether oxygens (including phenoxy) is 3. The van der Waals surface area contributed by atoms with E-state index in [1.165, 1.54) is 29.7 Å². The quantitative estimate of drug-likeness (QED) is 0.159. The van der Waals surface area contributed by atoms with Gasteiger partial charge in [0.15, 0.2) is 0 Å². The molecule has 16 nitrogen and oxygen atoms in total. The van der Waals surface area contributed by atoms with Crippen LogP contribution in [0.4, 0.5) is 39.3 Å². The number of sulfonamides is 1. The van der Waals surface area contributed by atoms with Gasteiger partial charge in [0.05, 0.1) is 53.3 Å². The molecule has 1 aliphatic carbocycles. The predicted molar refractivity (Wildman–Crippen MR) is 214 cm³/mol. The number of hydrogen-bond donors (Lipinski definition) is 3. The number of phenols is 1. The van der Waals surface area contributed by atoms with Crippen LogP contribution in [0.15, 0.2) is 41.0 Å². The Bertz CT molecular complexity index is 2010. The Labute approximate surface area is 330 Å². The number of piperazine rings is 1. The number of nitrogens with one attached hydrogen (secondary N) is 2. The van der Waals surface area contributed by atoms with Gasteiger partial charge >= 0.3 is 12.1 Å². The second-order valence-electron chi connectivity index (χ2n) is 14.9. The smallest absolute Gasteiger partial charge is 0.410 e. The third-order valence-corrected chi connectivity index (χ3v) is 11.5. The summed E-state index contributed by atoms with van der Waals surface area (Å²) in [6.45, 7) is 9.81. The van der Waals surface area contributed by atoms with E-state index >= 15 is 0 Å². The maximum Gasteiger partial charge on any atom is 0.410 e. The van der Waals surface area contributed by atoms with Crippen LogP contribution in [-0.2, 0) is 19.5 Å². The van der Waals surface area contributed by atoms with Crippen molar-refractivity contribution in [1.82, 2.24) is 19.8 Å². The Morgan fingerprint density at radius 1 is 0.964 bits per heavy atom. The molecule has 3 aromatic rings. The van der Waals surface area contributed by atoms with E-state index < -0.39 is 21.6 Å². The Morgan fingerprint density at radius 3 is 2.25 bits per heavy atom. The Kier molecular flexibility index (Phi) is 11.9. The zero-order chi connectivity index (χ0) is 39.7. The predicted octanol–water partition coefficient (Wildman–Crippen LogP) is 5.68. The van der Waals surface area contributed by atoms with E-state index in [0.29, 0.717) is 76.6 Å². The summed E-state index contributed by atoms with van der Waals surface area (Å²) in [5, 5.41) is 16.6. The molecule has 1 saturated carbocycles. The topological polar surface area (TPSA) is 179 Å². The second-order valence-corrected chi connectivity index (χ2v) is 17.6. The molecule has 1 amide bonds. The Morgan fingerprint density at radius 2 is 1.65 bits per heavy atom. The molecule has 6 rings (SSSR count). The number of halogens is 1. The molecule has 0 unspecified atom stereocenters. The Hall–Kier alpha value is -4.55. The van der Waals surface area contributed by atoms with Crippen LogP contribution in [-0.4, -0.2) is 123 Å². The molecule has 55 heavy (non-hydrogen) atoms. The summed E-state index contributed by atoms with van der Waals surface area (Å²) in [7, 11) is -0.760. The van der Waals surface area contributed by atoms with Crippen molar-refractivity contribution in [2.45, 2.75) is 64.1 Å². The number of rotatable bonds is 11. The summed E-state index contributed by atoms with van der Waals surface area (Å²) in [6, 6.07) is 8.10. The maximum atomic E-state index is 13.2. The zero-order valence-corrected chi connectivity index (χ0v) is 34.4. The first kappa shape index (κ1) is 40.1. The van der Waals surface area contributed by atoms with Gasteiger partial charge in [-0.25, -0.2) is 23.0 Å². The molecular weight excluding hydrogens is 796 g/mol. The molecule has 3 fully saturated rings. The van der Waals surface area contributed by atoms with Gasteiger partial charge in [-0.05, 0) is 80.6 Å². The van der Waals surface area contributed by atoms with E-state index in [0.717, 1.165) is 45.0 Å². The van der Waals surface area contributed by atoms with Gasteiger partial charge in [-0.1, -0.05) is 0 Å². The molecule has 18 heteroatoms. The lowest BCUT2D eigenvalue weighted by molar-refractivity contribution is 0.00898. The Balaban J connectivity index is 1.18. The number of nitrogens with zero attached hydrogens (tertiary/aromatic N) is 6. The number of aromatic nitrogens is 2. The number of carbonyl (C=O) groups excluding carboxylic acids is 2. The third kappa shape index (κ3) is 9.64. The molecule has 0 radical (unpaired) electrons. The number of piperidine rings is 1. The molecule has 3 N–H and O–H groups in total. The SMILES string of the molecule is COC(=O)c1cc(Nc2ncc(Br)c(Nc3ccc(O)cc3N(C3CC3)S(C)(=O)=O)n2)c(OC)cc1N1CCC(N2CCN(C(=O)OC(C)(C)C)CC2)CC1. The van der Waals surface area contributed by atoms with Crippen molar-refractivity contribution in [2.24, 2.45) is 0 Å². The fourth-order valence-electron chi connectivity index (χ4n) is 6.97. The van der Waals surface area contributed by atoms with E-state index in [9.17, 15) is 23.1 Å². The van der Waals surface area contributed by atoms with Crippen LogP contribution in [0.5, 0.6) is 11.5 Å². The van der Waals surface area contributed by atoms with Gasteiger partial charge in [-0.3, -0.25) is 9.21 Å². The number of hydrogen-bond acceptors (Lipinski definition) is 14. The summed E-state index contributed by atoms with van der Waals surface area (Å²) in [4.78, 5) is 41.2. The minimum absolute atomic E-state index is 0.0736. The van der Waals surface area contributed by atoms with Gasteiger partial charge in [0, 0.05) is 69.7 Å². The van der Waals surface area contributed by atoms with Crippen LogP contribution < -0.4 is 24.6 Å². The average molecular weight is 846 g/mol. The highest BCUT2D eigenvalue weighted by Crippen LogP contribution is 2.42. The molecule has 0 bridgehead atoms. The summed E-state index contributed by atoms with van der Waals surface area (Å²) in [6.07, 6.45) is 5.60.